The van der Waals surface area contributed by atoms with Gasteiger partial charge in [-0.2, -0.15) is 0 Å². The Morgan fingerprint density at radius 1 is 1.08 bits per heavy atom. The quantitative estimate of drug-likeness (QED) is 0.759. The summed E-state index contributed by atoms with van der Waals surface area (Å²) < 4.78 is 5.36. The van der Waals surface area contributed by atoms with Crippen molar-refractivity contribution < 1.29 is 9.53 Å². The van der Waals surface area contributed by atoms with Crippen LogP contribution in [0.2, 0.25) is 0 Å². The average molecular weight is 329 g/mol. The van der Waals surface area contributed by atoms with Crippen LogP contribution in [-0.2, 0) is 22.5 Å². The molecule has 1 saturated heterocycles. The second-order valence-corrected chi connectivity index (χ2v) is 8.55. The molecule has 1 aliphatic heterocycles. The Kier molecular flexibility index (Phi) is 5.29. The fraction of sp³-hybridized carbons (Fsp3) is 0.667. The van der Waals surface area contributed by atoms with E-state index in [9.17, 15) is 4.79 Å². The molecule has 24 heavy (non-hydrogen) atoms. The lowest BCUT2D eigenvalue weighted by atomic mass is 10.0. The third-order valence-electron chi connectivity index (χ3n) is 5.27. The van der Waals surface area contributed by atoms with Crippen molar-refractivity contribution in [1.29, 1.82) is 0 Å². The molecule has 1 saturated carbocycles. The van der Waals surface area contributed by atoms with E-state index in [4.69, 9.17) is 4.74 Å². The monoisotopic (exact) mass is 329 g/mol. The number of esters is 1. The molecule has 2 unspecified atom stereocenters. The number of carbonyl (C=O) groups excluding carboxylic acids is 1. The van der Waals surface area contributed by atoms with Crippen molar-refractivity contribution in [2.45, 2.75) is 65.0 Å². The van der Waals surface area contributed by atoms with Crippen LogP contribution in [0.1, 0.15) is 57.6 Å². The molecule has 2 fully saturated rings. The van der Waals surface area contributed by atoms with E-state index in [0.717, 1.165) is 24.8 Å². The lowest BCUT2D eigenvalue weighted by molar-refractivity contribution is -0.154. The van der Waals surface area contributed by atoms with E-state index in [1.165, 1.54) is 43.5 Å². The van der Waals surface area contributed by atoms with Crippen LogP contribution in [-0.4, -0.2) is 29.6 Å². The van der Waals surface area contributed by atoms with Crippen LogP contribution in [0.3, 0.4) is 0 Å². The van der Waals surface area contributed by atoms with Crippen LogP contribution in [0.5, 0.6) is 0 Å². The molecule has 0 amide bonds. The van der Waals surface area contributed by atoms with E-state index >= 15 is 0 Å². The Labute approximate surface area is 146 Å². The predicted molar refractivity (Wildman–Crippen MR) is 96.7 cm³/mol. The summed E-state index contributed by atoms with van der Waals surface area (Å²) in [6.45, 7) is 9.36. The molecule has 3 rings (SSSR count). The summed E-state index contributed by atoms with van der Waals surface area (Å²) in [7, 11) is 0. The summed E-state index contributed by atoms with van der Waals surface area (Å²) in [6.07, 6.45) is 5.51. The van der Waals surface area contributed by atoms with Crippen LogP contribution in [0.4, 0.5) is 0 Å². The first-order valence-electron chi connectivity index (χ1n) is 9.41. The summed E-state index contributed by atoms with van der Waals surface area (Å²) in [5, 5.41) is 0. The lowest BCUT2D eigenvalue weighted by Gasteiger charge is -2.19. The Morgan fingerprint density at radius 2 is 1.67 bits per heavy atom. The molecule has 1 aromatic carbocycles. The highest BCUT2D eigenvalue weighted by Crippen LogP contribution is 2.38. The minimum absolute atomic E-state index is 0.116. The fourth-order valence-corrected chi connectivity index (χ4v) is 4.17. The number of carbonyl (C=O) groups is 1. The number of ether oxygens (including phenoxy) is 1. The second-order valence-electron chi connectivity index (χ2n) is 8.55. The molecule has 0 N–H and O–H groups in total. The maximum absolute atomic E-state index is 11.8. The first-order chi connectivity index (χ1) is 11.4. The largest absolute Gasteiger partial charge is 0.460 e. The van der Waals surface area contributed by atoms with Gasteiger partial charge in [0.05, 0.1) is 0 Å². The van der Waals surface area contributed by atoms with Gasteiger partial charge in [-0.15, -0.1) is 0 Å². The van der Waals surface area contributed by atoms with E-state index in [-0.39, 0.29) is 5.97 Å². The van der Waals surface area contributed by atoms with Crippen molar-refractivity contribution in [3.8, 4) is 0 Å². The molecule has 2 aliphatic rings. The normalized spacial score (nSPS) is 24.1. The third kappa shape index (κ3) is 4.83. The van der Waals surface area contributed by atoms with Gasteiger partial charge in [0.2, 0.25) is 0 Å². The molecule has 0 bridgehead atoms. The highest BCUT2D eigenvalue weighted by molar-refractivity contribution is 5.70. The molecule has 1 heterocycles. The van der Waals surface area contributed by atoms with E-state index in [1.54, 1.807) is 0 Å². The first kappa shape index (κ1) is 17.5. The minimum atomic E-state index is -0.394. The van der Waals surface area contributed by atoms with Gasteiger partial charge in [0.15, 0.2) is 0 Å². The number of fused-ring (bicyclic) bond motifs is 1. The number of nitrogens with zero attached hydrogens (tertiary/aromatic N) is 1. The van der Waals surface area contributed by atoms with Crippen molar-refractivity contribution in [2.75, 3.05) is 13.1 Å². The van der Waals surface area contributed by atoms with Crippen LogP contribution in [0.25, 0.3) is 0 Å². The van der Waals surface area contributed by atoms with Gasteiger partial charge in [-0.1, -0.05) is 30.7 Å². The van der Waals surface area contributed by atoms with Crippen LogP contribution in [0, 0.1) is 11.8 Å². The second kappa shape index (κ2) is 7.26. The number of hydrogen-bond donors (Lipinski definition) is 0. The SMILES string of the molecule is CC(C)(C)OC(=O)CCc1ccc(CN2CC3CCCC3C2)cc1. The van der Waals surface area contributed by atoms with Crippen molar-refractivity contribution in [3.63, 3.8) is 0 Å². The Hall–Kier alpha value is -1.35. The van der Waals surface area contributed by atoms with Gasteiger partial charge in [0, 0.05) is 26.1 Å². The predicted octanol–water partition coefficient (Wildman–Crippen LogP) is 4.19. The van der Waals surface area contributed by atoms with Gasteiger partial charge in [-0.25, -0.2) is 0 Å². The molecule has 3 heteroatoms. The number of likely N-dealkylation sites (tertiary alicyclic amines) is 1. The number of benzene rings is 1. The molecule has 3 nitrogen and oxygen atoms in total. The zero-order valence-corrected chi connectivity index (χ0v) is 15.4. The van der Waals surface area contributed by atoms with Gasteiger partial charge in [-0.05, 0) is 63.0 Å². The van der Waals surface area contributed by atoms with Crippen molar-refractivity contribution in [1.82, 2.24) is 4.90 Å². The van der Waals surface area contributed by atoms with Gasteiger partial charge in [0.25, 0.3) is 0 Å². The maximum Gasteiger partial charge on any atom is 0.306 e. The maximum atomic E-state index is 11.8. The van der Waals surface area contributed by atoms with Gasteiger partial charge < -0.3 is 4.74 Å². The topological polar surface area (TPSA) is 29.5 Å². The molecule has 132 valence electrons. The number of hydrogen-bond acceptors (Lipinski definition) is 3. The molecular weight excluding hydrogens is 298 g/mol. The zero-order valence-electron chi connectivity index (χ0n) is 15.4. The highest BCUT2D eigenvalue weighted by Gasteiger charge is 2.35. The summed E-state index contributed by atoms with van der Waals surface area (Å²) in [5.41, 5.74) is 2.20. The molecule has 1 aliphatic carbocycles. The first-order valence-corrected chi connectivity index (χ1v) is 9.41. The molecule has 2 atom stereocenters. The Bertz CT molecular complexity index is 546. The Balaban J connectivity index is 1.44. The molecular formula is C21H31NO2. The molecule has 1 aromatic rings. The third-order valence-corrected chi connectivity index (χ3v) is 5.27. The van der Waals surface area contributed by atoms with Gasteiger partial charge in [-0.3, -0.25) is 9.69 Å². The Morgan fingerprint density at radius 3 is 2.25 bits per heavy atom. The number of aryl methyl sites for hydroxylation is 1. The summed E-state index contributed by atoms with van der Waals surface area (Å²) >= 11 is 0. The smallest absolute Gasteiger partial charge is 0.306 e. The van der Waals surface area contributed by atoms with Crippen LogP contribution in [0.15, 0.2) is 24.3 Å². The van der Waals surface area contributed by atoms with E-state index in [1.807, 2.05) is 20.8 Å². The standard InChI is InChI=1S/C21H31NO2/c1-21(2,3)24-20(23)12-11-16-7-9-17(10-8-16)13-22-14-18-5-4-6-19(18)15-22/h7-10,18-19H,4-6,11-15H2,1-3H3. The van der Waals surface area contributed by atoms with Gasteiger partial charge in [0.1, 0.15) is 5.60 Å². The van der Waals surface area contributed by atoms with Crippen molar-refractivity contribution >= 4 is 5.97 Å². The molecule has 0 radical (unpaired) electrons. The minimum Gasteiger partial charge on any atom is -0.460 e. The van der Waals surface area contributed by atoms with E-state index in [2.05, 4.69) is 29.2 Å². The molecule has 0 aromatic heterocycles. The summed E-state index contributed by atoms with van der Waals surface area (Å²) in [6, 6.07) is 8.77. The van der Waals surface area contributed by atoms with Crippen LogP contribution < -0.4 is 0 Å². The number of rotatable bonds is 5. The fourth-order valence-electron chi connectivity index (χ4n) is 4.17. The van der Waals surface area contributed by atoms with Crippen LogP contribution >= 0.6 is 0 Å². The average Bonchev–Trinajstić information content (AvgIpc) is 3.06. The van der Waals surface area contributed by atoms with Gasteiger partial charge >= 0.3 is 5.97 Å². The highest BCUT2D eigenvalue weighted by atomic mass is 16.6. The summed E-state index contributed by atoms with van der Waals surface area (Å²) in [4.78, 5) is 14.4. The summed E-state index contributed by atoms with van der Waals surface area (Å²) in [5.74, 6) is 1.80. The van der Waals surface area contributed by atoms with E-state index < -0.39 is 5.60 Å². The van der Waals surface area contributed by atoms with Crippen molar-refractivity contribution in [3.05, 3.63) is 35.4 Å². The lowest BCUT2D eigenvalue weighted by Crippen LogP contribution is -2.24. The van der Waals surface area contributed by atoms with E-state index in [0.29, 0.717) is 6.42 Å². The van der Waals surface area contributed by atoms with Crippen molar-refractivity contribution in [2.24, 2.45) is 11.8 Å². The molecule has 0 spiro atoms. The zero-order chi connectivity index (χ0) is 17.2.